The summed E-state index contributed by atoms with van der Waals surface area (Å²) in [7, 11) is 0. The van der Waals surface area contributed by atoms with Crippen molar-refractivity contribution in [1.82, 2.24) is 9.97 Å². The fraction of sp³-hybridized carbons (Fsp3) is 0.0455. The highest BCUT2D eigenvalue weighted by atomic mass is 35.5. The number of hydrogen-bond acceptors (Lipinski definition) is 1. The van der Waals surface area contributed by atoms with Crippen LogP contribution in [0.4, 0.5) is 0 Å². The van der Waals surface area contributed by atoms with E-state index in [2.05, 4.69) is 36.2 Å². The van der Waals surface area contributed by atoms with Gasteiger partial charge in [-0.1, -0.05) is 95.5 Å². The second-order valence-corrected chi connectivity index (χ2v) is 6.93. The maximum atomic E-state index is 6.48. The minimum atomic E-state index is 0.519. The Labute approximate surface area is 162 Å². The molecule has 2 nitrogen and oxygen atoms in total. The molecule has 0 fully saturated rings. The molecule has 1 N–H and O–H groups in total. The van der Waals surface area contributed by atoms with Crippen molar-refractivity contribution < 1.29 is 0 Å². The van der Waals surface area contributed by atoms with E-state index in [-0.39, 0.29) is 0 Å². The van der Waals surface area contributed by atoms with Crippen LogP contribution in [0.2, 0.25) is 10.0 Å². The number of nitrogens with one attached hydrogen (secondary N) is 1. The zero-order valence-electron chi connectivity index (χ0n) is 14.1. The highest BCUT2D eigenvalue weighted by molar-refractivity contribution is 6.43. The summed E-state index contributed by atoms with van der Waals surface area (Å²) in [6.45, 7) is 2.07. The molecule has 128 valence electrons. The van der Waals surface area contributed by atoms with E-state index in [9.17, 15) is 0 Å². The first-order valence-corrected chi connectivity index (χ1v) is 9.06. The van der Waals surface area contributed by atoms with E-state index < -0.39 is 0 Å². The van der Waals surface area contributed by atoms with E-state index >= 15 is 0 Å². The maximum absolute atomic E-state index is 6.48. The molecular weight excluding hydrogens is 363 g/mol. The van der Waals surface area contributed by atoms with Crippen LogP contribution in [0, 0.1) is 6.92 Å². The van der Waals surface area contributed by atoms with E-state index in [0.717, 1.165) is 33.9 Å². The Morgan fingerprint density at radius 1 is 0.769 bits per heavy atom. The molecule has 0 saturated carbocycles. The van der Waals surface area contributed by atoms with Crippen LogP contribution in [-0.2, 0) is 0 Å². The Morgan fingerprint density at radius 2 is 1.50 bits per heavy atom. The van der Waals surface area contributed by atoms with Gasteiger partial charge in [0.2, 0.25) is 0 Å². The Morgan fingerprint density at radius 3 is 2.23 bits per heavy atom. The topological polar surface area (TPSA) is 28.7 Å². The molecule has 0 radical (unpaired) electrons. The van der Waals surface area contributed by atoms with Gasteiger partial charge in [-0.15, -0.1) is 0 Å². The number of aromatic nitrogens is 2. The van der Waals surface area contributed by atoms with Crippen LogP contribution in [-0.4, -0.2) is 9.97 Å². The monoisotopic (exact) mass is 378 g/mol. The lowest BCUT2D eigenvalue weighted by Gasteiger charge is -2.06. The van der Waals surface area contributed by atoms with Crippen molar-refractivity contribution in [1.29, 1.82) is 0 Å². The molecule has 4 aromatic rings. The summed E-state index contributed by atoms with van der Waals surface area (Å²) < 4.78 is 0. The number of imidazole rings is 1. The maximum Gasteiger partial charge on any atom is 0.138 e. The number of rotatable bonds is 3. The van der Waals surface area contributed by atoms with Crippen molar-refractivity contribution in [3.8, 4) is 33.9 Å². The number of hydrogen-bond donors (Lipinski definition) is 1. The van der Waals surface area contributed by atoms with Gasteiger partial charge in [-0.05, 0) is 13.0 Å². The molecular formula is C22H16Cl2N2. The third-order valence-corrected chi connectivity index (χ3v) is 5.12. The number of H-pyrrole nitrogens is 1. The molecule has 0 unspecified atom stereocenters. The summed E-state index contributed by atoms with van der Waals surface area (Å²) in [5.41, 5.74) is 5.81. The summed E-state index contributed by atoms with van der Waals surface area (Å²) in [4.78, 5) is 8.32. The van der Waals surface area contributed by atoms with Gasteiger partial charge in [0.05, 0.1) is 21.4 Å². The van der Waals surface area contributed by atoms with E-state index in [1.54, 1.807) is 6.07 Å². The van der Waals surface area contributed by atoms with Crippen LogP contribution in [0.25, 0.3) is 33.9 Å². The third-order valence-electron chi connectivity index (χ3n) is 4.30. The largest absolute Gasteiger partial charge is 0.337 e. The van der Waals surface area contributed by atoms with Crippen molar-refractivity contribution in [3.05, 3.63) is 88.4 Å². The van der Waals surface area contributed by atoms with E-state index in [0.29, 0.717) is 10.0 Å². The van der Waals surface area contributed by atoms with Crippen LogP contribution < -0.4 is 0 Å². The second-order valence-electron chi connectivity index (χ2n) is 6.14. The number of benzene rings is 3. The molecule has 0 aliphatic carbocycles. The molecule has 0 aliphatic rings. The van der Waals surface area contributed by atoms with Gasteiger partial charge in [0.1, 0.15) is 5.82 Å². The fourth-order valence-electron chi connectivity index (χ4n) is 2.92. The van der Waals surface area contributed by atoms with Crippen molar-refractivity contribution >= 4 is 23.2 Å². The van der Waals surface area contributed by atoms with Gasteiger partial charge in [0, 0.05) is 16.7 Å². The van der Waals surface area contributed by atoms with Crippen molar-refractivity contribution in [2.75, 3.05) is 0 Å². The Bertz CT molecular complexity index is 1050. The average molecular weight is 379 g/mol. The van der Waals surface area contributed by atoms with Gasteiger partial charge in [0.25, 0.3) is 0 Å². The van der Waals surface area contributed by atoms with Gasteiger partial charge < -0.3 is 4.98 Å². The quantitative estimate of drug-likeness (QED) is 0.407. The zero-order valence-corrected chi connectivity index (χ0v) is 15.6. The molecule has 1 aromatic heterocycles. The number of halogens is 2. The normalized spacial score (nSPS) is 10.9. The predicted molar refractivity (Wildman–Crippen MR) is 110 cm³/mol. The molecule has 0 spiro atoms. The molecule has 26 heavy (non-hydrogen) atoms. The smallest absolute Gasteiger partial charge is 0.138 e. The Balaban J connectivity index is 1.94. The van der Waals surface area contributed by atoms with E-state index in [1.165, 1.54) is 5.56 Å². The summed E-state index contributed by atoms with van der Waals surface area (Å²) in [5, 5.41) is 1.04. The van der Waals surface area contributed by atoms with Crippen molar-refractivity contribution in [3.63, 3.8) is 0 Å². The first-order chi connectivity index (χ1) is 12.6. The van der Waals surface area contributed by atoms with E-state index in [1.807, 2.05) is 42.5 Å². The molecule has 0 atom stereocenters. The third kappa shape index (κ3) is 3.14. The summed E-state index contributed by atoms with van der Waals surface area (Å²) in [6.07, 6.45) is 0. The molecule has 3 aromatic carbocycles. The molecule has 1 heterocycles. The lowest BCUT2D eigenvalue weighted by Crippen LogP contribution is -1.85. The molecule has 4 heteroatoms. The van der Waals surface area contributed by atoms with E-state index in [4.69, 9.17) is 28.2 Å². The van der Waals surface area contributed by atoms with Crippen LogP contribution in [0.1, 0.15) is 5.56 Å². The van der Waals surface area contributed by atoms with Crippen molar-refractivity contribution in [2.45, 2.75) is 6.92 Å². The summed E-state index contributed by atoms with van der Waals surface area (Å²) in [6, 6.07) is 24.0. The molecule has 0 amide bonds. The first-order valence-electron chi connectivity index (χ1n) is 8.30. The molecule has 0 aliphatic heterocycles. The molecule has 0 bridgehead atoms. The highest BCUT2D eigenvalue weighted by Crippen LogP contribution is 2.38. The lowest BCUT2D eigenvalue weighted by molar-refractivity contribution is 1.30. The van der Waals surface area contributed by atoms with Gasteiger partial charge in [0.15, 0.2) is 0 Å². The van der Waals surface area contributed by atoms with Crippen LogP contribution in [0.15, 0.2) is 72.8 Å². The van der Waals surface area contributed by atoms with Crippen molar-refractivity contribution in [2.24, 2.45) is 0 Å². The minimum Gasteiger partial charge on any atom is -0.337 e. The average Bonchev–Trinajstić information content (AvgIpc) is 3.10. The number of aryl methyl sites for hydroxylation is 1. The Hall–Kier alpha value is -2.55. The molecule has 0 saturated heterocycles. The van der Waals surface area contributed by atoms with Gasteiger partial charge >= 0.3 is 0 Å². The van der Waals surface area contributed by atoms with Crippen LogP contribution in [0.5, 0.6) is 0 Å². The Kier molecular flexibility index (Phi) is 4.54. The van der Waals surface area contributed by atoms with Gasteiger partial charge in [-0.2, -0.15) is 0 Å². The predicted octanol–water partition coefficient (Wildman–Crippen LogP) is 7.03. The minimum absolute atomic E-state index is 0.519. The van der Waals surface area contributed by atoms with Gasteiger partial charge in [-0.25, -0.2) is 4.98 Å². The highest BCUT2D eigenvalue weighted by Gasteiger charge is 2.18. The zero-order chi connectivity index (χ0) is 18.1. The standard InChI is InChI=1S/C22H16Cl2N2/c1-14-10-12-16(13-11-14)22-25-20(15-6-3-2-4-7-15)21(26-22)17-8-5-9-18(23)19(17)24/h2-13H,1H3,(H,25,26). The first kappa shape index (κ1) is 16.9. The van der Waals surface area contributed by atoms with Crippen LogP contribution in [0.3, 0.4) is 0 Å². The summed E-state index contributed by atoms with van der Waals surface area (Å²) in [5.74, 6) is 0.801. The fourth-order valence-corrected chi connectivity index (χ4v) is 3.31. The second kappa shape index (κ2) is 6.99. The number of aromatic amines is 1. The number of nitrogens with zero attached hydrogens (tertiary/aromatic N) is 1. The SMILES string of the molecule is Cc1ccc(-c2nc(-c3ccccc3)c(-c3cccc(Cl)c3Cl)[nH]2)cc1. The lowest BCUT2D eigenvalue weighted by atomic mass is 10.1. The molecule has 4 rings (SSSR count). The summed E-state index contributed by atoms with van der Waals surface area (Å²) >= 11 is 12.7. The van der Waals surface area contributed by atoms with Gasteiger partial charge in [-0.3, -0.25) is 0 Å². The van der Waals surface area contributed by atoms with Crippen LogP contribution >= 0.6 is 23.2 Å².